The molecule has 1 aliphatic heterocycles. The van der Waals surface area contributed by atoms with Crippen molar-refractivity contribution >= 4 is 0 Å². The van der Waals surface area contributed by atoms with E-state index in [2.05, 4.69) is 4.98 Å². The number of halogens is 1. The Hall–Kier alpha value is -1.28. The van der Waals surface area contributed by atoms with Crippen molar-refractivity contribution < 1.29 is 24.1 Å². The maximum Gasteiger partial charge on any atom is 0.250 e. The lowest BCUT2D eigenvalue weighted by Crippen LogP contribution is -2.34. The molecule has 1 aliphatic rings. The highest BCUT2D eigenvalue weighted by Crippen LogP contribution is 2.35. The topological polar surface area (TPSA) is 91.8 Å². The Bertz CT molecular complexity index is 477. The van der Waals surface area contributed by atoms with Crippen LogP contribution in [0.3, 0.4) is 0 Å². The fourth-order valence-electron chi connectivity index (χ4n) is 2.08. The highest BCUT2D eigenvalue weighted by Gasteiger charge is 2.45. The largest absolute Gasteiger partial charge is 0.394 e. The zero-order valence-electron chi connectivity index (χ0n) is 9.67. The molecular formula is C11H14FNO5. The first-order chi connectivity index (χ1) is 8.58. The lowest BCUT2D eigenvalue weighted by atomic mass is 10.0. The van der Waals surface area contributed by atoms with Gasteiger partial charge in [-0.15, -0.1) is 0 Å². The summed E-state index contributed by atoms with van der Waals surface area (Å²) in [6, 6.07) is 0.796. The molecule has 7 heteroatoms. The molecule has 1 saturated heterocycles. The predicted octanol–water partition coefficient (Wildman–Crippen LogP) is -0.678. The fourth-order valence-corrected chi connectivity index (χ4v) is 2.08. The predicted molar refractivity (Wildman–Crippen MR) is 58.5 cm³/mol. The Balaban J connectivity index is 2.34. The van der Waals surface area contributed by atoms with Crippen molar-refractivity contribution in [2.24, 2.45) is 0 Å². The number of pyridine rings is 1. The molecule has 18 heavy (non-hydrogen) atoms. The standard InChI is InChI=1S/C11H14FNO5/c1-17-11-9(16)7(4-14)18-10(11)5-3-13-8(15)2-6(5)12/h2-3,7,9-11,14,16H,4H2,1H3,(H,13,15). The van der Waals surface area contributed by atoms with Crippen molar-refractivity contribution in [2.45, 2.75) is 24.4 Å². The van der Waals surface area contributed by atoms with Crippen molar-refractivity contribution in [1.82, 2.24) is 4.98 Å². The van der Waals surface area contributed by atoms with Gasteiger partial charge in [0.1, 0.15) is 30.2 Å². The molecule has 1 aromatic heterocycles. The van der Waals surface area contributed by atoms with E-state index in [4.69, 9.17) is 14.6 Å². The number of aromatic nitrogens is 1. The maximum absolute atomic E-state index is 13.7. The summed E-state index contributed by atoms with van der Waals surface area (Å²) < 4.78 is 24.1. The van der Waals surface area contributed by atoms with E-state index in [1.54, 1.807) is 0 Å². The van der Waals surface area contributed by atoms with E-state index in [0.29, 0.717) is 0 Å². The number of H-pyrrole nitrogens is 1. The number of nitrogens with one attached hydrogen (secondary N) is 1. The molecule has 100 valence electrons. The minimum Gasteiger partial charge on any atom is -0.394 e. The summed E-state index contributed by atoms with van der Waals surface area (Å²) in [5, 5.41) is 18.9. The molecular weight excluding hydrogens is 245 g/mol. The van der Waals surface area contributed by atoms with Crippen LogP contribution in [0, 0.1) is 5.82 Å². The first-order valence-electron chi connectivity index (χ1n) is 5.43. The van der Waals surface area contributed by atoms with E-state index >= 15 is 0 Å². The van der Waals surface area contributed by atoms with E-state index in [1.807, 2.05) is 0 Å². The Labute approximate surface area is 102 Å². The summed E-state index contributed by atoms with van der Waals surface area (Å²) in [5.74, 6) is -0.739. The summed E-state index contributed by atoms with van der Waals surface area (Å²) in [7, 11) is 1.35. The van der Waals surface area contributed by atoms with Gasteiger partial charge in [-0.1, -0.05) is 0 Å². The second-order valence-corrected chi connectivity index (χ2v) is 4.07. The summed E-state index contributed by atoms with van der Waals surface area (Å²) in [5.41, 5.74) is -0.487. The maximum atomic E-state index is 13.7. The minimum absolute atomic E-state index is 0.0800. The molecule has 2 rings (SSSR count). The van der Waals surface area contributed by atoms with Gasteiger partial charge in [0.05, 0.1) is 6.61 Å². The van der Waals surface area contributed by atoms with E-state index in [0.717, 1.165) is 6.07 Å². The third-order valence-electron chi connectivity index (χ3n) is 3.00. The Morgan fingerprint density at radius 2 is 2.33 bits per heavy atom. The van der Waals surface area contributed by atoms with Crippen LogP contribution in [0.15, 0.2) is 17.1 Å². The van der Waals surface area contributed by atoms with Crippen molar-refractivity contribution in [2.75, 3.05) is 13.7 Å². The van der Waals surface area contributed by atoms with Crippen LogP contribution in [0.4, 0.5) is 4.39 Å². The van der Waals surface area contributed by atoms with Gasteiger partial charge in [0.2, 0.25) is 0 Å². The number of aromatic amines is 1. The quantitative estimate of drug-likeness (QED) is 0.669. The zero-order chi connectivity index (χ0) is 13.3. The number of aliphatic hydroxyl groups is 2. The lowest BCUT2D eigenvalue weighted by molar-refractivity contribution is -0.0247. The molecule has 0 aliphatic carbocycles. The van der Waals surface area contributed by atoms with Gasteiger partial charge in [-0.25, -0.2) is 4.39 Å². The molecule has 0 saturated carbocycles. The minimum atomic E-state index is -1.06. The molecule has 1 fully saturated rings. The summed E-state index contributed by atoms with van der Waals surface area (Å²) >= 11 is 0. The van der Waals surface area contributed by atoms with E-state index in [1.165, 1.54) is 13.3 Å². The van der Waals surface area contributed by atoms with Gasteiger partial charge in [-0.3, -0.25) is 4.79 Å². The van der Waals surface area contributed by atoms with Crippen LogP contribution in [0.25, 0.3) is 0 Å². The normalized spacial score (nSPS) is 31.8. The van der Waals surface area contributed by atoms with Gasteiger partial charge in [0.25, 0.3) is 5.56 Å². The zero-order valence-corrected chi connectivity index (χ0v) is 9.67. The number of aliphatic hydroxyl groups excluding tert-OH is 2. The first-order valence-corrected chi connectivity index (χ1v) is 5.43. The molecule has 3 N–H and O–H groups in total. The van der Waals surface area contributed by atoms with Crippen LogP contribution < -0.4 is 5.56 Å². The highest BCUT2D eigenvalue weighted by atomic mass is 19.1. The number of hydrogen-bond acceptors (Lipinski definition) is 5. The van der Waals surface area contributed by atoms with Gasteiger partial charge >= 0.3 is 0 Å². The SMILES string of the molecule is COC1C(c2c[nH]c(=O)cc2F)OC(CO)C1O. The van der Waals surface area contributed by atoms with Crippen LogP contribution in [-0.2, 0) is 9.47 Å². The van der Waals surface area contributed by atoms with Crippen LogP contribution in [0.5, 0.6) is 0 Å². The molecule has 0 aromatic carbocycles. The van der Waals surface area contributed by atoms with Gasteiger partial charge in [0, 0.05) is 24.9 Å². The van der Waals surface area contributed by atoms with E-state index in [9.17, 15) is 14.3 Å². The third-order valence-corrected chi connectivity index (χ3v) is 3.00. The lowest BCUT2D eigenvalue weighted by Gasteiger charge is -2.18. The summed E-state index contributed by atoms with van der Waals surface area (Å²) in [6.45, 7) is -0.400. The number of methoxy groups -OCH3 is 1. The second kappa shape index (κ2) is 5.15. The molecule has 1 aromatic rings. The Morgan fingerprint density at radius 3 is 2.89 bits per heavy atom. The van der Waals surface area contributed by atoms with Gasteiger partial charge < -0.3 is 24.7 Å². The molecule has 0 radical (unpaired) electrons. The monoisotopic (exact) mass is 259 g/mol. The molecule has 0 amide bonds. The van der Waals surface area contributed by atoms with Crippen LogP contribution in [-0.4, -0.2) is 47.2 Å². The molecule has 0 bridgehead atoms. The molecule has 6 nitrogen and oxygen atoms in total. The molecule has 4 unspecified atom stereocenters. The van der Waals surface area contributed by atoms with Crippen molar-refractivity contribution in [3.63, 3.8) is 0 Å². The van der Waals surface area contributed by atoms with Gasteiger partial charge in [-0.2, -0.15) is 0 Å². The fraction of sp³-hybridized carbons (Fsp3) is 0.545. The third kappa shape index (κ3) is 2.17. The molecule has 2 heterocycles. The van der Waals surface area contributed by atoms with E-state index in [-0.39, 0.29) is 5.56 Å². The van der Waals surface area contributed by atoms with Crippen molar-refractivity contribution in [3.8, 4) is 0 Å². The first kappa shape index (κ1) is 13.2. The average molecular weight is 259 g/mol. The molecule has 0 spiro atoms. The number of ether oxygens (including phenoxy) is 2. The van der Waals surface area contributed by atoms with Crippen LogP contribution >= 0.6 is 0 Å². The molecule has 4 atom stereocenters. The summed E-state index contributed by atoms with van der Waals surface area (Å²) in [4.78, 5) is 13.3. The average Bonchev–Trinajstić information content (AvgIpc) is 2.65. The van der Waals surface area contributed by atoms with Crippen LogP contribution in [0.1, 0.15) is 11.7 Å². The van der Waals surface area contributed by atoms with Crippen molar-refractivity contribution in [3.05, 3.63) is 34.0 Å². The number of rotatable bonds is 3. The summed E-state index contributed by atoms with van der Waals surface area (Å²) in [6.07, 6.45) is -2.40. The smallest absolute Gasteiger partial charge is 0.250 e. The van der Waals surface area contributed by atoms with Crippen molar-refractivity contribution in [1.29, 1.82) is 0 Å². The Morgan fingerprint density at radius 1 is 1.61 bits per heavy atom. The number of hydrogen-bond donors (Lipinski definition) is 3. The van der Waals surface area contributed by atoms with E-state index < -0.39 is 42.4 Å². The second-order valence-electron chi connectivity index (χ2n) is 4.07. The van der Waals surface area contributed by atoms with Crippen LogP contribution in [0.2, 0.25) is 0 Å². The highest BCUT2D eigenvalue weighted by molar-refractivity contribution is 5.19. The Kier molecular flexibility index (Phi) is 3.76. The van der Waals surface area contributed by atoms with Gasteiger partial charge in [-0.05, 0) is 0 Å². The van der Waals surface area contributed by atoms with Gasteiger partial charge in [0.15, 0.2) is 0 Å².